The number of hydrogen-bond donors (Lipinski definition) is 2. The van der Waals surface area contributed by atoms with Crippen LogP contribution in [0.5, 0.6) is 11.5 Å². The van der Waals surface area contributed by atoms with Gasteiger partial charge in [-0.2, -0.15) is 0 Å². The first-order valence-corrected chi connectivity index (χ1v) is 7.64. The molecule has 0 spiro atoms. The summed E-state index contributed by atoms with van der Waals surface area (Å²) in [5, 5.41) is 6.22. The number of rotatable bonds is 4. The molecule has 0 bridgehead atoms. The van der Waals surface area contributed by atoms with Gasteiger partial charge in [-0.3, -0.25) is 4.79 Å². The van der Waals surface area contributed by atoms with Crippen LogP contribution < -0.4 is 20.1 Å². The zero-order valence-corrected chi connectivity index (χ0v) is 14.3. The lowest BCUT2D eigenvalue weighted by atomic mass is 10.1. The minimum absolute atomic E-state index is 0. The van der Waals surface area contributed by atoms with Crippen molar-refractivity contribution in [1.82, 2.24) is 5.32 Å². The maximum Gasteiger partial charge on any atom is 0.228 e. The first-order valence-electron chi connectivity index (χ1n) is 7.64. The molecule has 0 aliphatic carbocycles. The molecule has 2 aromatic rings. The number of benzene rings is 2. The standard InChI is InChI=1S/C18H20N2O3.ClH/c1-22-16-5-3-2-4-13(16)11-18(21)20-15-6-7-17-14(10-15)12-19-8-9-23-17;/h2-7,10,19H,8-9,11-12H2,1H3,(H,20,21);1H. The molecule has 0 saturated carbocycles. The summed E-state index contributed by atoms with van der Waals surface area (Å²) in [4.78, 5) is 12.3. The molecule has 0 radical (unpaired) electrons. The summed E-state index contributed by atoms with van der Waals surface area (Å²) in [5.41, 5.74) is 2.70. The maximum absolute atomic E-state index is 12.3. The van der Waals surface area contributed by atoms with E-state index >= 15 is 0 Å². The van der Waals surface area contributed by atoms with Gasteiger partial charge in [0.25, 0.3) is 0 Å². The topological polar surface area (TPSA) is 59.6 Å². The Morgan fingerprint density at radius 2 is 2.12 bits per heavy atom. The monoisotopic (exact) mass is 348 g/mol. The van der Waals surface area contributed by atoms with Crippen molar-refractivity contribution in [3.63, 3.8) is 0 Å². The smallest absolute Gasteiger partial charge is 0.228 e. The zero-order chi connectivity index (χ0) is 16.1. The third kappa shape index (κ3) is 4.40. The molecule has 3 rings (SSSR count). The molecule has 0 aromatic heterocycles. The fourth-order valence-electron chi connectivity index (χ4n) is 2.62. The summed E-state index contributed by atoms with van der Waals surface area (Å²) in [7, 11) is 1.61. The first-order chi connectivity index (χ1) is 11.3. The van der Waals surface area contributed by atoms with E-state index in [2.05, 4.69) is 10.6 Å². The van der Waals surface area contributed by atoms with Crippen molar-refractivity contribution in [2.45, 2.75) is 13.0 Å². The number of ether oxygens (including phenoxy) is 2. The van der Waals surface area contributed by atoms with Gasteiger partial charge in [0.15, 0.2) is 0 Å². The van der Waals surface area contributed by atoms with E-state index in [1.165, 1.54) is 0 Å². The van der Waals surface area contributed by atoms with E-state index in [1.807, 2.05) is 42.5 Å². The van der Waals surface area contributed by atoms with Crippen molar-refractivity contribution in [3.05, 3.63) is 53.6 Å². The number of amides is 1. The molecule has 24 heavy (non-hydrogen) atoms. The van der Waals surface area contributed by atoms with Crippen LogP contribution in [-0.4, -0.2) is 26.2 Å². The molecule has 2 N–H and O–H groups in total. The largest absolute Gasteiger partial charge is 0.496 e. The number of methoxy groups -OCH3 is 1. The normalized spacial score (nSPS) is 12.9. The molecule has 5 nitrogen and oxygen atoms in total. The lowest BCUT2D eigenvalue weighted by Crippen LogP contribution is -2.16. The van der Waals surface area contributed by atoms with Crippen molar-refractivity contribution in [2.75, 3.05) is 25.6 Å². The second kappa shape index (κ2) is 8.57. The third-order valence-corrected chi connectivity index (χ3v) is 3.74. The van der Waals surface area contributed by atoms with Gasteiger partial charge in [-0.25, -0.2) is 0 Å². The van der Waals surface area contributed by atoms with E-state index in [-0.39, 0.29) is 24.7 Å². The van der Waals surface area contributed by atoms with Gasteiger partial charge >= 0.3 is 0 Å². The Balaban J connectivity index is 0.00000208. The van der Waals surface area contributed by atoms with Crippen LogP contribution in [0.15, 0.2) is 42.5 Å². The van der Waals surface area contributed by atoms with E-state index < -0.39 is 0 Å². The molecule has 0 fully saturated rings. The Bertz CT molecular complexity index is 706. The van der Waals surface area contributed by atoms with E-state index in [4.69, 9.17) is 9.47 Å². The molecule has 1 amide bonds. The van der Waals surface area contributed by atoms with Crippen molar-refractivity contribution >= 4 is 24.0 Å². The van der Waals surface area contributed by atoms with Crippen LogP contribution in [0.4, 0.5) is 5.69 Å². The summed E-state index contributed by atoms with van der Waals surface area (Å²) in [6.07, 6.45) is 0.274. The minimum atomic E-state index is -0.0723. The first kappa shape index (κ1) is 18.1. The Morgan fingerprint density at radius 1 is 1.29 bits per heavy atom. The highest BCUT2D eigenvalue weighted by Crippen LogP contribution is 2.24. The van der Waals surface area contributed by atoms with Crippen molar-refractivity contribution in [2.24, 2.45) is 0 Å². The maximum atomic E-state index is 12.3. The molecular formula is C18H21ClN2O3. The number of hydrogen-bond acceptors (Lipinski definition) is 4. The van der Waals surface area contributed by atoms with E-state index in [0.29, 0.717) is 6.61 Å². The highest BCUT2D eigenvalue weighted by atomic mass is 35.5. The van der Waals surface area contributed by atoms with Crippen molar-refractivity contribution in [1.29, 1.82) is 0 Å². The summed E-state index contributed by atoms with van der Waals surface area (Å²) >= 11 is 0. The fourth-order valence-corrected chi connectivity index (χ4v) is 2.62. The fraction of sp³-hybridized carbons (Fsp3) is 0.278. The van der Waals surface area contributed by atoms with Crippen LogP contribution in [0.1, 0.15) is 11.1 Å². The number of anilines is 1. The number of carbonyl (C=O) groups excluding carboxylic acids is 1. The quantitative estimate of drug-likeness (QED) is 0.892. The molecule has 2 aromatic carbocycles. The average molecular weight is 349 g/mol. The van der Waals surface area contributed by atoms with Gasteiger partial charge in [0.1, 0.15) is 18.1 Å². The lowest BCUT2D eigenvalue weighted by Gasteiger charge is -2.11. The van der Waals surface area contributed by atoms with E-state index in [1.54, 1.807) is 7.11 Å². The van der Waals surface area contributed by atoms with Gasteiger partial charge in [-0.1, -0.05) is 18.2 Å². The Morgan fingerprint density at radius 3 is 2.96 bits per heavy atom. The van der Waals surface area contributed by atoms with Gasteiger partial charge in [0.2, 0.25) is 5.91 Å². The molecule has 128 valence electrons. The number of para-hydroxylation sites is 1. The van der Waals surface area contributed by atoms with Crippen molar-refractivity contribution in [3.8, 4) is 11.5 Å². The van der Waals surface area contributed by atoms with Crippen LogP contribution >= 0.6 is 12.4 Å². The summed E-state index contributed by atoms with van der Waals surface area (Å²) in [6.45, 7) is 2.22. The highest BCUT2D eigenvalue weighted by molar-refractivity contribution is 5.92. The molecule has 0 atom stereocenters. The Labute approximate surface area is 147 Å². The predicted octanol–water partition coefficient (Wildman–Crippen LogP) is 2.78. The van der Waals surface area contributed by atoms with Crippen molar-refractivity contribution < 1.29 is 14.3 Å². The summed E-state index contributed by atoms with van der Waals surface area (Å²) in [6, 6.07) is 13.3. The van der Waals surface area contributed by atoms with Gasteiger partial charge in [0.05, 0.1) is 13.5 Å². The van der Waals surface area contributed by atoms with Crippen LogP contribution in [0.2, 0.25) is 0 Å². The number of carbonyl (C=O) groups is 1. The van der Waals surface area contributed by atoms with Crippen LogP contribution in [0.3, 0.4) is 0 Å². The number of halogens is 1. The molecule has 1 aliphatic heterocycles. The summed E-state index contributed by atoms with van der Waals surface area (Å²) in [5.74, 6) is 1.52. The second-order valence-electron chi connectivity index (χ2n) is 5.38. The van der Waals surface area contributed by atoms with E-state index in [9.17, 15) is 4.79 Å². The van der Waals surface area contributed by atoms with Crippen LogP contribution in [0, 0.1) is 0 Å². The van der Waals surface area contributed by atoms with Crippen LogP contribution in [-0.2, 0) is 17.8 Å². The van der Waals surface area contributed by atoms with E-state index in [0.717, 1.165) is 41.4 Å². The molecule has 1 aliphatic rings. The lowest BCUT2D eigenvalue weighted by molar-refractivity contribution is -0.115. The van der Waals surface area contributed by atoms with Gasteiger partial charge in [-0.05, 0) is 24.3 Å². The second-order valence-corrected chi connectivity index (χ2v) is 5.38. The van der Waals surface area contributed by atoms with Gasteiger partial charge < -0.3 is 20.1 Å². The predicted molar refractivity (Wildman–Crippen MR) is 96.2 cm³/mol. The summed E-state index contributed by atoms with van der Waals surface area (Å²) < 4.78 is 10.9. The van der Waals surface area contributed by atoms with Crippen LogP contribution in [0.25, 0.3) is 0 Å². The average Bonchev–Trinajstić information content (AvgIpc) is 2.80. The molecular weight excluding hydrogens is 328 g/mol. The molecule has 0 unspecified atom stereocenters. The number of fused-ring (bicyclic) bond motifs is 1. The third-order valence-electron chi connectivity index (χ3n) is 3.74. The zero-order valence-electron chi connectivity index (χ0n) is 13.5. The van der Waals surface area contributed by atoms with Gasteiger partial charge in [0, 0.05) is 29.9 Å². The minimum Gasteiger partial charge on any atom is -0.496 e. The SMILES string of the molecule is COc1ccccc1CC(=O)Nc1ccc2c(c1)CNCCO2.Cl. The highest BCUT2D eigenvalue weighted by Gasteiger charge is 2.12. The van der Waals surface area contributed by atoms with Gasteiger partial charge in [-0.15, -0.1) is 12.4 Å². The molecule has 1 heterocycles. The number of nitrogens with one attached hydrogen (secondary N) is 2. The Kier molecular flexibility index (Phi) is 6.46. The molecule has 0 saturated heterocycles. The Hall–Kier alpha value is -2.24. The molecule has 6 heteroatoms.